The van der Waals surface area contributed by atoms with Crippen LogP contribution >= 0.6 is 0 Å². The van der Waals surface area contributed by atoms with Crippen molar-refractivity contribution in [3.63, 3.8) is 0 Å². The number of hydrogen-bond acceptors (Lipinski definition) is 7. The fraction of sp³-hybridized carbons (Fsp3) is 0.320. The van der Waals surface area contributed by atoms with E-state index < -0.39 is 5.63 Å². The minimum absolute atomic E-state index is 0.0504. The van der Waals surface area contributed by atoms with E-state index in [1.54, 1.807) is 0 Å². The van der Waals surface area contributed by atoms with Crippen LogP contribution in [0.3, 0.4) is 0 Å². The van der Waals surface area contributed by atoms with Crippen molar-refractivity contribution in [1.82, 2.24) is 4.98 Å². The molecule has 1 aliphatic heterocycles. The Morgan fingerprint density at radius 2 is 1.81 bits per heavy atom. The lowest BCUT2D eigenvalue weighted by Crippen LogP contribution is -2.37. The molecule has 0 unspecified atom stereocenters. The summed E-state index contributed by atoms with van der Waals surface area (Å²) in [5.41, 5.74) is 4.45. The van der Waals surface area contributed by atoms with Gasteiger partial charge in [-0.2, -0.15) is 4.98 Å². The average molecular weight is 432 g/mol. The van der Waals surface area contributed by atoms with Crippen molar-refractivity contribution in [1.29, 1.82) is 0 Å². The van der Waals surface area contributed by atoms with Crippen molar-refractivity contribution < 1.29 is 18.4 Å². The topological polar surface area (TPSA) is 85.8 Å². The number of nitrogens with zero attached hydrogens (tertiary/aromatic N) is 2. The summed E-state index contributed by atoms with van der Waals surface area (Å²) in [6.45, 7) is 5.36. The van der Waals surface area contributed by atoms with Crippen molar-refractivity contribution in [2.75, 3.05) is 18.0 Å². The van der Waals surface area contributed by atoms with Crippen LogP contribution in [-0.4, -0.2) is 24.0 Å². The second-order valence-electron chi connectivity index (χ2n) is 8.36. The minimum atomic E-state index is -0.446. The van der Waals surface area contributed by atoms with Gasteiger partial charge in [0, 0.05) is 30.1 Å². The van der Waals surface area contributed by atoms with Gasteiger partial charge in [0.1, 0.15) is 17.7 Å². The van der Waals surface area contributed by atoms with Crippen LogP contribution in [-0.2, 0) is 16.1 Å². The summed E-state index contributed by atoms with van der Waals surface area (Å²) in [7, 11) is 0. The van der Waals surface area contributed by atoms with E-state index in [-0.39, 0.29) is 18.5 Å². The summed E-state index contributed by atoms with van der Waals surface area (Å²) in [6.07, 6.45) is 1.32. The van der Waals surface area contributed by atoms with Crippen LogP contribution in [0.5, 0.6) is 0 Å². The van der Waals surface area contributed by atoms with Crippen molar-refractivity contribution in [2.45, 2.75) is 33.3 Å². The van der Waals surface area contributed by atoms with Gasteiger partial charge in [-0.3, -0.25) is 4.79 Å². The number of piperidine rings is 1. The molecule has 0 radical (unpaired) electrons. The number of carbonyl (C=O) groups is 1. The molecule has 164 valence electrons. The molecule has 2 aromatic carbocycles. The summed E-state index contributed by atoms with van der Waals surface area (Å²) in [6, 6.07) is 13.5. The number of rotatable bonds is 4. The quantitative estimate of drug-likeness (QED) is 0.346. The molecule has 5 rings (SSSR count). The van der Waals surface area contributed by atoms with Crippen LogP contribution < -0.4 is 10.5 Å². The Kier molecular flexibility index (Phi) is 5.17. The van der Waals surface area contributed by atoms with Gasteiger partial charge in [-0.05, 0) is 62.1 Å². The maximum atomic E-state index is 12.7. The van der Waals surface area contributed by atoms with Crippen LogP contribution in [0.4, 0.5) is 6.01 Å². The third-order valence-corrected chi connectivity index (χ3v) is 6.20. The first-order valence-electron chi connectivity index (χ1n) is 10.8. The molecule has 32 heavy (non-hydrogen) atoms. The highest BCUT2D eigenvalue weighted by Gasteiger charge is 2.28. The third kappa shape index (κ3) is 3.86. The number of aromatic nitrogens is 1. The Labute approximate surface area is 184 Å². The normalized spacial score (nSPS) is 14.9. The number of aryl methyl sites for hydroxylation is 2. The van der Waals surface area contributed by atoms with E-state index in [4.69, 9.17) is 13.6 Å². The molecule has 1 fully saturated rings. The molecule has 1 saturated heterocycles. The maximum Gasteiger partial charge on any atom is 0.336 e. The van der Waals surface area contributed by atoms with Crippen LogP contribution in [0.1, 0.15) is 29.5 Å². The molecule has 7 nitrogen and oxygen atoms in total. The predicted octanol–water partition coefficient (Wildman–Crippen LogP) is 4.51. The number of benzene rings is 2. The van der Waals surface area contributed by atoms with Gasteiger partial charge < -0.3 is 18.5 Å². The first-order valence-corrected chi connectivity index (χ1v) is 10.8. The first-order chi connectivity index (χ1) is 15.5. The van der Waals surface area contributed by atoms with Gasteiger partial charge in [0.05, 0.1) is 5.92 Å². The molecular weight excluding hydrogens is 408 g/mol. The van der Waals surface area contributed by atoms with E-state index in [1.807, 2.05) is 50.2 Å². The number of para-hydroxylation sites is 2. The molecular formula is C25H24N2O5. The highest BCUT2D eigenvalue weighted by Crippen LogP contribution is 2.27. The summed E-state index contributed by atoms with van der Waals surface area (Å²) in [5, 5.41) is 0.797. The summed E-state index contributed by atoms with van der Waals surface area (Å²) in [4.78, 5) is 31.3. The Hall–Kier alpha value is -3.61. The second kappa shape index (κ2) is 8.15. The molecule has 0 bridgehead atoms. The average Bonchev–Trinajstić information content (AvgIpc) is 3.23. The molecule has 0 amide bonds. The van der Waals surface area contributed by atoms with E-state index in [1.165, 1.54) is 6.07 Å². The number of carbonyl (C=O) groups excluding carboxylic acids is 1. The van der Waals surface area contributed by atoms with Gasteiger partial charge in [-0.1, -0.05) is 12.1 Å². The molecule has 2 aromatic heterocycles. The zero-order valence-corrected chi connectivity index (χ0v) is 18.1. The van der Waals surface area contributed by atoms with Crippen molar-refractivity contribution in [3.8, 4) is 0 Å². The molecule has 0 saturated carbocycles. The van der Waals surface area contributed by atoms with E-state index in [0.717, 1.165) is 27.6 Å². The Bertz CT molecular complexity index is 1330. The lowest BCUT2D eigenvalue weighted by atomic mass is 9.97. The third-order valence-electron chi connectivity index (χ3n) is 6.20. The van der Waals surface area contributed by atoms with E-state index in [9.17, 15) is 9.59 Å². The number of fused-ring (bicyclic) bond motifs is 2. The fourth-order valence-electron chi connectivity index (χ4n) is 4.17. The van der Waals surface area contributed by atoms with Crippen LogP contribution in [0, 0.1) is 19.8 Å². The highest BCUT2D eigenvalue weighted by atomic mass is 16.5. The Morgan fingerprint density at radius 1 is 1.06 bits per heavy atom. The van der Waals surface area contributed by atoms with Crippen molar-refractivity contribution in [3.05, 3.63) is 69.6 Å². The zero-order chi connectivity index (χ0) is 22.2. The fourth-order valence-corrected chi connectivity index (χ4v) is 4.17. The molecule has 0 atom stereocenters. The summed E-state index contributed by atoms with van der Waals surface area (Å²) < 4.78 is 16.8. The van der Waals surface area contributed by atoms with Gasteiger partial charge in [0.25, 0.3) is 6.01 Å². The number of esters is 1. The van der Waals surface area contributed by atoms with Crippen LogP contribution in [0.15, 0.2) is 56.1 Å². The molecule has 1 aliphatic rings. The van der Waals surface area contributed by atoms with E-state index in [0.29, 0.717) is 43.1 Å². The van der Waals surface area contributed by atoms with Crippen LogP contribution in [0.2, 0.25) is 0 Å². The second-order valence-corrected chi connectivity index (χ2v) is 8.36. The highest BCUT2D eigenvalue weighted by molar-refractivity contribution is 5.82. The number of oxazole rings is 1. The molecule has 0 spiro atoms. The monoisotopic (exact) mass is 432 g/mol. The largest absolute Gasteiger partial charge is 0.461 e. The van der Waals surface area contributed by atoms with E-state index >= 15 is 0 Å². The standard InChI is InChI=1S/C25H24N2O5/c1-15-11-19-18(13-23(28)31-22(19)12-16(15)2)14-30-24(29)17-7-9-27(10-8-17)25-26-20-5-3-4-6-21(20)32-25/h3-6,11-13,17H,7-10,14H2,1-2H3. The summed E-state index contributed by atoms with van der Waals surface area (Å²) >= 11 is 0. The molecule has 7 heteroatoms. The van der Waals surface area contributed by atoms with Crippen molar-refractivity contribution >= 4 is 34.1 Å². The van der Waals surface area contributed by atoms with E-state index in [2.05, 4.69) is 9.88 Å². The molecule has 0 N–H and O–H groups in total. The van der Waals surface area contributed by atoms with Crippen LogP contribution in [0.25, 0.3) is 22.1 Å². The SMILES string of the molecule is Cc1cc2oc(=O)cc(COC(=O)C3CCN(c4nc5ccccc5o4)CC3)c2cc1C. The van der Waals surface area contributed by atoms with Crippen molar-refractivity contribution in [2.24, 2.45) is 5.92 Å². The predicted molar refractivity (Wildman–Crippen MR) is 121 cm³/mol. The molecule has 4 aromatic rings. The number of hydrogen-bond donors (Lipinski definition) is 0. The Morgan fingerprint density at radius 3 is 2.59 bits per heavy atom. The summed E-state index contributed by atoms with van der Waals surface area (Å²) in [5.74, 6) is -0.432. The molecule has 0 aliphatic carbocycles. The zero-order valence-electron chi connectivity index (χ0n) is 18.1. The lowest BCUT2D eigenvalue weighted by molar-refractivity contribution is -0.150. The van der Waals surface area contributed by atoms with Gasteiger partial charge >= 0.3 is 11.6 Å². The van der Waals surface area contributed by atoms with Gasteiger partial charge in [-0.15, -0.1) is 0 Å². The maximum absolute atomic E-state index is 12.7. The van der Waals surface area contributed by atoms with Gasteiger partial charge in [0.15, 0.2) is 5.58 Å². The smallest absolute Gasteiger partial charge is 0.336 e. The molecule has 3 heterocycles. The van der Waals surface area contributed by atoms with Gasteiger partial charge in [0.2, 0.25) is 0 Å². The Balaban J connectivity index is 1.24. The van der Waals surface area contributed by atoms with Gasteiger partial charge in [-0.25, -0.2) is 4.79 Å². The first kappa shape index (κ1) is 20.3. The lowest BCUT2D eigenvalue weighted by Gasteiger charge is -2.29. The minimum Gasteiger partial charge on any atom is -0.461 e. The number of ether oxygens (including phenoxy) is 1. The number of anilines is 1.